The number of carbonyl (C=O) groups is 1. The lowest BCUT2D eigenvalue weighted by molar-refractivity contribution is -0.137. The number of anilines is 3. The number of hydrogen-bond donors (Lipinski definition) is 2. The fraction of sp³-hybridized carbons (Fsp3) is 0.400. The van der Waals surface area contributed by atoms with Crippen LogP contribution in [-0.4, -0.2) is 78.7 Å². The van der Waals surface area contributed by atoms with Crippen LogP contribution >= 0.6 is 0 Å². The Morgan fingerprint density at radius 2 is 1.69 bits per heavy atom. The molecular weight excluding hydrogens is 699 g/mol. The monoisotopic (exact) mass is 743 g/mol. The second-order valence-electron chi connectivity index (χ2n) is 13.9. The van der Waals surface area contributed by atoms with Crippen molar-refractivity contribution >= 4 is 45.0 Å². The van der Waals surface area contributed by atoms with Crippen LogP contribution in [0, 0.1) is 0 Å². The molecule has 1 amide bonds. The van der Waals surface area contributed by atoms with Gasteiger partial charge in [0.15, 0.2) is 11.5 Å². The second kappa shape index (κ2) is 15.9. The maximum atomic E-state index is 14.5. The Hall–Kier alpha value is -5.37. The molecule has 54 heavy (non-hydrogen) atoms. The molecule has 2 fully saturated rings. The lowest BCUT2D eigenvalue weighted by Crippen LogP contribution is -2.45. The Kier molecular flexibility index (Phi) is 10.9. The molecule has 2 saturated heterocycles. The van der Waals surface area contributed by atoms with Gasteiger partial charge in [0.2, 0.25) is 11.9 Å². The van der Waals surface area contributed by atoms with E-state index >= 15 is 0 Å². The van der Waals surface area contributed by atoms with E-state index in [1.165, 1.54) is 18.9 Å². The van der Waals surface area contributed by atoms with Gasteiger partial charge in [0.05, 0.1) is 30.8 Å². The van der Waals surface area contributed by atoms with Gasteiger partial charge >= 0.3 is 6.18 Å². The molecule has 0 spiro atoms. The number of aromatic nitrogens is 3. The zero-order valence-corrected chi connectivity index (χ0v) is 30.6. The highest BCUT2D eigenvalue weighted by Gasteiger charge is 2.36. The number of amides is 1. The van der Waals surface area contributed by atoms with Gasteiger partial charge in [0.1, 0.15) is 11.5 Å². The predicted molar refractivity (Wildman–Crippen MR) is 202 cm³/mol. The van der Waals surface area contributed by atoms with Crippen molar-refractivity contribution in [3.05, 3.63) is 72.6 Å². The number of hydrogen-bond acceptors (Lipinski definition) is 10. The van der Waals surface area contributed by atoms with Crippen LogP contribution in [0.5, 0.6) is 23.0 Å². The molecule has 0 aliphatic carbocycles. The zero-order chi connectivity index (χ0) is 37.8. The first kappa shape index (κ1) is 37.0. The van der Waals surface area contributed by atoms with Crippen LogP contribution in [0.2, 0.25) is 0 Å². The summed E-state index contributed by atoms with van der Waals surface area (Å²) in [6, 6.07) is 15.2. The summed E-state index contributed by atoms with van der Waals surface area (Å²) in [6.45, 7) is 1.87. The van der Waals surface area contributed by atoms with Crippen LogP contribution in [0.1, 0.15) is 50.5 Å². The minimum Gasteiger partial charge on any atom is -0.493 e. The number of pyridine rings is 1. The number of piperidine rings is 2. The molecule has 4 heterocycles. The van der Waals surface area contributed by atoms with Crippen molar-refractivity contribution < 1.29 is 32.2 Å². The first-order valence-corrected chi connectivity index (χ1v) is 18.3. The molecule has 2 aliphatic rings. The molecule has 0 radical (unpaired) electrons. The van der Waals surface area contributed by atoms with Gasteiger partial charge in [-0.3, -0.25) is 9.78 Å². The van der Waals surface area contributed by atoms with E-state index in [9.17, 15) is 18.0 Å². The first-order valence-electron chi connectivity index (χ1n) is 18.3. The molecule has 14 heteroatoms. The van der Waals surface area contributed by atoms with Crippen LogP contribution in [0.15, 0.2) is 67.0 Å². The van der Waals surface area contributed by atoms with E-state index in [0.29, 0.717) is 77.8 Å². The molecule has 0 bridgehead atoms. The number of rotatable bonds is 11. The Balaban J connectivity index is 1.02. The zero-order valence-electron chi connectivity index (χ0n) is 30.6. The van der Waals surface area contributed by atoms with Crippen molar-refractivity contribution in [3.63, 3.8) is 0 Å². The van der Waals surface area contributed by atoms with E-state index in [2.05, 4.69) is 37.5 Å². The molecule has 7 rings (SSSR count). The number of alkyl halides is 3. The first-order chi connectivity index (χ1) is 26.1. The van der Waals surface area contributed by atoms with E-state index in [1.807, 2.05) is 6.07 Å². The van der Waals surface area contributed by atoms with Crippen LogP contribution in [0.3, 0.4) is 0 Å². The third-order valence-corrected chi connectivity index (χ3v) is 10.4. The highest BCUT2D eigenvalue weighted by molar-refractivity contribution is 5.89. The van der Waals surface area contributed by atoms with E-state index in [1.54, 1.807) is 67.9 Å². The molecular formula is C40H44F3N7O4. The molecule has 1 unspecified atom stereocenters. The fourth-order valence-corrected chi connectivity index (χ4v) is 7.41. The van der Waals surface area contributed by atoms with Crippen molar-refractivity contribution in [3.8, 4) is 23.0 Å². The third kappa shape index (κ3) is 8.38. The van der Waals surface area contributed by atoms with Crippen molar-refractivity contribution in [2.45, 2.75) is 63.2 Å². The van der Waals surface area contributed by atoms with Crippen LogP contribution in [0.4, 0.5) is 30.5 Å². The summed E-state index contributed by atoms with van der Waals surface area (Å²) < 4.78 is 60.5. The van der Waals surface area contributed by atoms with Crippen molar-refractivity contribution in [2.75, 3.05) is 51.1 Å². The van der Waals surface area contributed by atoms with Crippen molar-refractivity contribution in [2.24, 2.45) is 0 Å². The number of benzene rings is 3. The Labute approximate surface area is 311 Å². The molecule has 5 aromatic rings. The summed E-state index contributed by atoms with van der Waals surface area (Å²) in [5.41, 5.74) is 0.759. The summed E-state index contributed by atoms with van der Waals surface area (Å²) in [7, 11) is 5.22. The molecule has 2 aliphatic heterocycles. The number of ether oxygens (including phenoxy) is 3. The van der Waals surface area contributed by atoms with Gasteiger partial charge in [-0.2, -0.15) is 13.2 Å². The molecule has 1 atom stereocenters. The number of fused-ring (bicyclic) bond motifs is 2. The van der Waals surface area contributed by atoms with Crippen LogP contribution < -0.4 is 29.7 Å². The predicted octanol–water partition coefficient (Wildman–Crippen LogP) is 8.10. The average Bonchev–Trinajstić information content (AvgIpc) is 3.17. The maximum Gasteiger partial charge on any atom is 0.418 e. The summed E-state index contributed by atoms with van der Waals surface area (Å²) in [5, 5.41) is 7.52. The number of nitrogens with one attached hydrogen (secondary N) is 2. The number of likely N-dealkylation sites (tertiary alicyclic amines) is 1. The average molecular weight is 744 g/mol. The van der Waals surface area contributed by atoms with Gasteiger partial charge in [-0.05, 0) is 88.2 Å². The normalized spacial score (nSPS) is 17.1. The largest absolute Gasteiger partial charge is 0.493 e. The van der Waals surface area contributed by atoms with Gasteiger partial charge in [-0.25, -0.2) is 9.97 Å². The van der Waals surface area contributed by atoms with Crippen LogP contribution in [0.25, 0.3) is 21.8 Å². The highest BCUT2D eigenvalue weighted by atomic mass is 19.4. The smallest absolute Gasteiger partial charge is 0.418 e. The van der Waals surface area contributed by atoms with Gasteiger partial charge in [-0.15, -0.1) is 0 Å². The lowest BCUT2D eigenvalue weighted by atomic mass is 9.98. The second-order valence-corrected chi connectivity index (χ2v) is 13.9. The molecule has 11 nitrogen and oxygen atoms in total. The van der Waals surface area contributed by atoms with Crippen molar-refractivity contribution in [1.82, 2.24) is 25.2 Å². The summed E-state index contributed by atoms with van der Waals surface area (Å²) in [4.78, 5) is 30.1. The van der Waals surface area contributed by atoms with Crippen molar-refractivity contribution in [1.29, 1.82) is 0 Å². The quantitative estimate of drug-likeness (QED) is 0.138. The number of nitrogens with zero attached hydrogens (tertiary/aromatic N) is 5. The van der Waals surface area contributed by atoms with E-state index in [4.69, 9.17) is 14.2 Å². The number of halogens is 3. The van der Waals surface area contributed by atoms with Gasteiger partial charge in [-0.1, -0.05) is 6.42 Å². The fourth-order valence-electron chi connectivity index (χ4n) is 7.41. The molecule has 284 valence electrons. The number of carbonyl (C=O) groups excluding carboxylic acids is 1. The van der Waals surface area contributed by atoms with Gasteiger partial charge in [0.25, 0.3) is 0 Å². The van der Waals surface area contributed by atoms with Crippen LogP contribution in [-0.2, 0) is 11.0 Å². The standard InChI is InChI=1S/C40H44F3N7O4/c1-49-17-5-4-6-28(49)9-12-38(51)46-26-14-18-50(19-15-26)34-11-8-27(20-31(34)40(41,42)43)47-39-45-24-25-7-10-29(21-32(25)48-39)54-35-13-16-44-33-23-37(53-3)36(52-2)22-30(33)35/h7-8,10-11,13,16,20-24,26,28H,4-6,9,12,14-15,17-19H2,1-3H3,(H,46,51)(H,45,47,48). The summed E-state index contributed by atoms with van der Waals surface area (Å²) >= 11 is 0. The number of methoxy groups -OCH3 is 2. The molecule has 2 aromatic heterocycles. The Bertz CT molecular complexity index is 2120. The van der Waals surface area contributed by atoms with Gasteiger partial charge in [0, 0.05) is 78.3 Å². The third-order valence-electron chi connectivity index (χ3n) is 10.4. The van der Waals surface area contributed by atoms with E-state index in [0.717, 1.165) is 30.8 Å². The Morgan fingerprint density at radius 3 is 2.44 bits per heavy atom. The maximum absolute atomic E-state index is 14.5. The van der Waals surface area contributed by atoms with Gasteiger partial charge < -0.3 is 34.6 Å². The molecule has 3 aromatic carbocycles. The lowest BCUT2D eigenvalue weighted by Gasteiger charge is -2.36. The minimum atomic E-state index is -4.59. The summed E-state index contributed by atoms with van der Waals surface area (Å²) in [6.07, 6.45) is 4.59. The molecule has 0 saturated carbocycles. The highest BCUT2D eigenvalue weighted by Crippen LogP contribution is 2.40. The Morgan fingerprint density at radius 1 is 0.889 bits per heavy atom. The SMILES string of the molecule is COc1cc2nccc(Oc3ccc4cnc(Nc5ccc(N6CCC(NC(=O)CCC7CCCCN7C)CC6)c(C(F)(F)F)c5)nc4c3)c2cc1OC. The topological polar surface area (TPSA) is 114 Å². The van der Waals surface area contributed by atoms with E-state index in [-0.39, 0.29) is 29.3 Å². The minimum absolute atomic E-state index is 0.0169. The summed E-state index contributed by atoms with van der Waals surface area (Å²) in [5.74, 6) is 2.27. The molecule has 2 N–H and O–H groups in total. The van der Waals surface area contributed by atoms with E-state index < -0.39 is 11.7 Å².